The predicted molar refractivity (Wildman–Crippen MR) is 94.1 cm³/mol. The maximum absolute atomic E-state index is 6.00. The Labute approximate surface area is 137 Å². The van der Waals surface area contributed by atoms with Crippen LogP contribution in [0.2, 0.25) is 5.02 Å². The fourth-order valence-electron chi connectivity index (χ4n) is 2.59. The fourth-order valence-corrected chi connectivity index (χ4v) is 3.71. The van der Waals surface area contributed by atoms with Gasteiger partial charge in [-0.15, -0.1) is 11.3 Å². The van der Waals surface area contributed by atoms with Gasteiger partial charge in [-0.05, 0) is 37.3 Å². The minimum atomic E-state index is 0.741. The Balaban J connectivity index is 1.98. The molecule has 0 fully saturated rings. The second-order valence-corrected chi connectivity index (χ2v) is 6.87. The summed E-state index contributed by atoms with van der Waals surface area (Å²) >= 11 is 7.78. The molecule has 4 rings (SSSR count). The highest BCUT2D eigenvalue weighted by molar-refractivity contribution is 7.19. The van der Waals surface area contributed by atoms with Crippen LogP contribution in [0.25, 0.3) is 27.2 Å². The third kappa shape index (κ3) is 2.23. The Kier molecular flexibility index (Phi) is 3.25. The number of benzene rings is 2. The van der Waals surface area contributed by atoms with Crippen molar-refractivity contribution < 1.29 is 0 Å². The highest BCUT2D eigenvalue weighted by Crippen LogP contribution is 2.36. The highest BCUT2D eigenvalue weighted by atomic mass is 35.5. The molecule has 0 N–H and O–H groups in total. The average molecular weight is 325 g/mol. The van der Waals surface area contributed by atoms with Gasteiger partial charge in [0.15, 0.2) is 0 Å². The molecule has 108 valence electrons. The summed E-state index contributed by atoms with van der Waals surface area (Å²) in [7, 11) is 0. The lowest BCUT2D eigenvalue weighted by atomic mass is 10.1. The molecule has 0 aliphatic heterocycles. The summed E-state index contributed by atoms with van der Waals surface area (Å²) in [4.78, 5) is 1.28. The van der Waals surface area contributed by atoms with Crippen molar-refractivity contribution in [1.29, 1.82) is 0 Å². The van der Waals surface area contributed by atoms with E-state index in [1.807, 2.05) is 47.1 Å². The molecular weight excluding hydrogens is 312 g/mol. The largest absolute Gasteiger partial charge is 0.232 e. The second kappa shape index (κ2) is 5.27. The van der Waals surface area contributed by atoms with Gasteiger partial charge in [0, 0.05) is 15.5 Å². The van der Waals surface area contributed by atoms with Crippen LogP contribution < -0.4 is 0 Å². The zero-order chi connectivity index (χ0) is 15.1. The lowest BCUT2D eigenvalue weighted by Gasteiger charge is -2.02. The van der Waals surface area contributed by atoms with E-state index in [1.165, 1.54) is 9.58 Å². The quantitative estimate of drug-likeness (QED) is 0.461. The molecule has 22 heavy (non-hydrogen) atoms. The van der Waals surface area contributed by atoms with Crippen molar-refractivity contribution in [3.63, 3.8) is 0 Å². The van der Waals surface area contributed by atoms with Crippen molar-refractivity contribution >= 4 is 33.2 Å². The third-order valence-electron chi connectivity index (χ3n) is 3.60. The van der Waals surface area contributed by atoms with E-state index in [0.29, 0.717) is 0 Å². The lowest BCUT2D eigenvalue weighted by Crippen LogP contribution is -1.95. The van der Waals surface area contributed by atoms with E-state index >= 15 is 0 Å². The Morgan fingerprint density at radius 3 is 2.45 bits per heavy atom. The van der Waals surface area contributed by atoms with E-state index in [-0.39, 0.29) is 0 Å². The number of para-hydroxylation sites is 1. The van der Waals surface area contributed by atoms with Gasteiger partial charge in [-0.1, -0.05) is 41.9 Å². The molecule has 2 nitrogen and oxygen atoms in total. The summed E-state index contributed by atoms with van der Waals surface area (Å²) in [5, 5.41) is 5.59. The van der Waals surface area contributed by atoms with Crippen LogP contribution in [0.1, 0.15) is 4.88 Å². The first-order valence-corrected chi connectivity index (χ1v) is 8.22. The van der Waals surface area contributed by atoms with Gasteiger partial charge in [0.2, 0.25) is 0 Å². The van der Waals surface area contributed by atoms with Crippen LogP contribution in [-0.2, 0) is 0 Å². The molecule has 0 saturated carbocycles. The van der Waals surface area contributed by atoms with E-state index < -0.39 is 0 Å². The van der Waals surface area contributed by atoms with Crippen LogP contribution in [0.5, 0.6) is 0 Å². The molecule has 2 aromatic heterocycles. The van der Waals surface area contributed by atoms with Crippen molar-refractivity contribution in [1.82, 2.24) is 9.78 Å². The van der Waals surface area contributed by atoms with Gasteiger partial charge in [0.05, 0.1) is 15.9 Å². The SMILES string of the molecule is Cc1cc2c(s1)c(-c1ccc(Cl)cc1)nn2-c1ccccc1. The van der Waals surface area contributed by atoms with Crippen LogP contribution in [0, 0.1) is 6.92 Å². The molecule has 2 aromatic carbocycles. The fraction of sp³-hybridized carbons (Fsp3) is 0.0556. The van der Waals surface area contributed by atoms with Gasteiger partial charge >= 0.3 is 0 Å². The first kappa shape index (κ1) is 13.6. The molecule has 0 atom stereocenters. The first-order chi connectivity index (χ1) is 10.7. The van der Waals surface area contributed by atoms with Crippen LogP contribution in [0.4, 0.5) is 0 Å². The summed E-state index contributed by atoms with van der Waals surface area (Å²) in [6.07, 6.45) is 0. The van der Waals surface area contributed by atoms with Gasteiger partial charge < -0.3 is 0 Å². The van der Waals surface area contributed by atoms with E-state index in [9.17, 15) is 0 Å². The number of hydrogen-bond donors (Lipinski definition) is 0. The smallest absolute Gasteiger partial charge is 0.111 e. The zero-order valence-corrected chi connectivity index (χ0v) is 13.5. The summed E-state index contributed by atoms with van der Waals surface area (Å²) < 4.78 is 3.23. The van der Waals surface area contributed by atoms with Crippen LogP contribution in [0.15, 0.2) is 60.7 Å². The Hall–Kier alpha value is -2.10. The topological polar surface area (TPSA) is 17.8 Å². The molecule has 0 saturated heterocycles. The van der Waals surface area contributed by atoms with Gasteiger partial charge in [0.1, 0.15) is 5.69 Å². The normalized spacial score (nSPS) is 11.2. The van der Waals surface area contributed by atoms with Gasteiger partial charge in [-0.2, -0.15) is 5.10 Å². The Morgan fingerprint density at radius 2 is 1.73 bits per heavy atom. The van der Waals surface area contributed by atoms with E-state index in [0.717, 1.165) is 27.5 Å². The molecule has 0 spiro atoms. The first-order valence-electron chi connectivity index (χ1n) is 7.03. The Morgan fingerprint density at radius 1 is 1.00 bits per heavy atom. The summed E-state index contributed by atoms with van der Waals surface area (Å²) in [6.45, 7) is 2.13. The number of fused-ring (bicyclic) bond motifs is 1. The van der Waals surface area contributed by atoms with Gasteiger partial charge in [-0.25, -0.2) is 4.68 Å². The van der Waals surface area contributed by atoms with Crippen molar-refractivity contribution in [3.05, 3.63) is 70.6 Å². The van der Waals surface area contributed by atoms with E-state index in [1.54, 1.807) is 11.3 Å². The molecule has 4 heteroatoms. The number of rotatable bonds is 2. The Bertz CT molecular complexity index is 937. The average Bonchev–Trinajstić information content (AvgIpc) is 3.06. The number of halogens is 1. The molecule has 0 amide bonds. The number of nitrogens with zero attached hydrogens (tertiary/aromatic N) is 2. The third-order valence-corrected chi connectivity index (χ3v) is 4.90. The van der Waals surface area contributed by atoms with Crippen molar-refractivity contribution in [2.75, 3.05) is 0 Å². The molecule has 0 aliphatic carbocycles. The highest BCUT2D eigenvalue weighted by Gasteiger charge is 2.16. The molecule has 0 aliphatic rings. The monoisotopic (exact) mass is 324 g/mol. The van der Waals surface area contributed by atoms with Crippen LogP contribution in [-0.4, -0.2) is 9.78 Å². The molecular formula is C18H13ClN2S. The minimum Gasteiger partial charge on any atom is -0.232 e. The molecule has 0 bridgehead atoms. The standard InChI is InChI=1S/C18H13ClN2S/c1-12-11-16-18(22-12)17(13-7-9-14(19)10-8-13)20-21(16)15-5-3-2-4-6-15/h2-11H,1H3. The summed E-state index contributed by atoms with van der Waals surface area (Å²) in [5.41, 5.74) is 4.32. The summed E-state index contributed by atoms with van der Waals surface area (Å²) in [5.74, 6) is 0. The minimum absolute atomic E-state index is 0.741. The molecule has 0 unspecified atom stereocenters. The lowest BCUT2D eigenvalue weighted by molar-refractivity contribution is 0.915. The van der Waals surface area contributed by atoms with E-state index in [2.05, 4.69) is 25.1 Å². The molecule has 2 heterocycles. The second-order valence-electron chi connectivity index (χ2n) is 5.17. The van der Waals surface area contributed by atoms with E-state index in [4.69, 9.17) is 16.7 Å². The predicted octanol–water partition coefficient (Wildman–Crippen LogP) is 5.72. The maximum atomic E-state index is 6.00. The molecule has 4 aromatic rings. The zero-order valence-electron chi connectivity index (χ0n) is 12.0. The van der Waals surface area contributed by atoms with Gasteiger partial charge in [0.25, 0.3) is 0 Å². The van der Waals surface area contributed by atoms with Crippen molar-refractivity contribution in [2.45, 2.75) is 6.92 Å². The number of aromatic nitrogens is 2. The molecule has 0 radical (unpaired) electrons. The maximum Gasteiger partial charge on any atom is 0.111 e. The van der Waals surface area contributed by atoms with Crippen molar-refractivity contribution in [3.8, 4) is 16.9 Å². The number of thiophene rings is 1. The van der Waals surface area contributed by atoms with Crippen molar-refractivity contribution in [2.24, 2.45) is 0 Å². The van der Waals surface area contributed by atoms with Crippen LogP contribution in [0.3, 0.4) is 0 Å². The number of aryl methyl sites for hydroxylation is 1. The van der Waals surface area contributed by atoms with Crippen LogP contribution >= 0.6 is 22.9 Å². The number of hydrogen-bond acceptors (Lipinski definition) is 2. The van der Waals surface area contributed by atoms with Gasteiger partial charge in [-0.3, -0.25) is 0 Å². The summed E-state index contributed by atoms with van der Waals surface area (Å²) in [6, 6.07) is 20.3.